The molecule has 0 aliphatic rings. The normalized spacial score (nSPS) is 15.7. The van der Waals surface area contributed by atoms with Gasteiger partial charge in [-0.3, -0.25) is 0 Å². The molecule has 0 N–H and O–H groups in total. The predicted molar refractivity (Wildman–Crippen MR) is 369 cm³/mol. The van der Waals surface area contributed by atoms with Gasteiger partial charge >= 0.3 is 0 Å². The van der Waals surface area contributed by atoms with E-state index in [1.54, 1.807) is 0 Å². The Kier molecular flexibility index (Phi) is 52.6. The summed E-state index contributed by atoms with van der Waals surface area (Å²) in [6.07, 6.45) is 42.5. The molecule has 0 amide bonds. The van der Waals surface area contributed by atoms with Gasteiger partial charge < -0.3 is 33.2 Å². The second-order valence-electron chi connectivity index (χ2n) is 29.1. The summed E-state index contributed by atoms with van der Waals surface area (Å²) in [5.74, 6) is 7.37. The fourth-order valence-corrected chi connectivity index (χ4v) is 11.7. The fourth-order valence-electron chi connectivity index (χ4n) is 11.7. The lowest BCUT2D eigenvalue weighted by atomic mass is 9.91. The first kappa shape index (κ1) is 81.2. The first-order valence-electron chi connectivity index (χ1n) is 35.9. The second kappa shape index (κ2) is 55.0. The minimum atomic E-state index is -0.488. The molecule has 0 spiro atoms. The summed E-state index contributed by atoms with van der Waals surface area (Å²) in [6, 6.07) is 10.3. The molecule has 0 radical (unpaired) electrons. The van der Waals surface area contributed by atoms with Crippen molar-refractivity contribution < 1.29 is 33.2 Å². The van der Waals surface area contributed by atoms with Crippen LogP contribution in [0.4, 0.5) is 0 Å². The van der Waals surface area contributed by atoms with E-state index in [9.17, 15) is 0 Å². The van der Waals surface area contributed by atoms with Crippen molar-refractivity contribution in [2.24, 2.45) is 58.7 Å². The standard InChI is InChI=1S/C78H144O7/c1-65(2)28-19-31-68(7)34-22-37-71(10)40-25-43-74(13)48-51-82-61-78(64-85-59-57-80-55-54-79-56-58-81-60-77-46-17-16-18-47-77,62-83-52-49-75(14)44-26-41-72(11)38-23-35-69(8)32-20-29-66(3)4)63-84-53-50-76(15)45-27-42-73(12)39-24-36-70(9)33-21-30-67(5)6/h16-18,46-50,65-73H,19-45,51-64H2,1-15H3/b74-48+,75-49+,76-50+. The quantitative estimate of drug-likeness (QED) is 0.0476. The van der Waals surface area contributed by atoms with Gasteiger partial charge in [-0.05, 0) is 118 Å². The van der Waals surface area contributed by atoms with Gasteiger partial charge in [0.1, 0.15) is 0 Å². The molecule has 0 fully saturated rings. The van der Waals surface area contributed by atoms with E-state index < -0.39 is 5.41 Å². The Balaban J connectivity index is 2.97. The van der Waals surface area contributed by atoms with Gasteiger partial charge in [-0.1, -0.05) is 283 Å². The van der Waals surface area contributed by atoms with Crippen molar-refractivity contribution in [3.8, 4) is 0 Å². The Morgan fingerprint density at radius 2 is 0.576 bits per heavy atom. The minimum Gasteiger partial charge on any atom is -0.378 e. The van der Waals surface area contributed by atoms with Crippen LogP contribution in [0.1, 0.15) is 283 Å². The second-order valence-corrected chi connectivity index (χ2v) is 29.1. The van der Waals surface area contributed by atoms with Crippen molar-refractivity contribution in [2.75, 3.05) is 85.9 Å². The number of rotatable bonds is 61. The van der Waals surface area contributed by atoms with Crippen LogP contribution in [0.3, 0.4) is 0 Å². The summed E-state index contributed by atoms with van der Waals surface area (Å²) in [7, 11) is 0. The van der Waals surface area contributed by atoms with E-state index in [4.69, 9.17) is 33.2 Å². The van der Waals surface area contributed by atoms with Crippen LogP contribution < -0.4 is 0 Å². The van der Waals surface area contributed by atoms with Gasteiger partial charge in [-0.15, -0.1) is 0 Å². The Morgan fingerprint density at radius 1 is 0.318 bits per heavy atom. The molecule has 1 aromatic carbocycles. The van der Waals surface area contributed by atoms with Crippen molar-refractivity contribution in [1.29, 1.82) is 0 Å². The van der Waals surface area contributed by atoms with Gasteiger partial charge in [0.05, 0.1) is 97.9 Å². The maximum absolute atomic E-state index is 6.62. The molecule has 1 rings (SSSR count). The number of hydrogen-bond acceptors (Lipinski definition) is 7. The number of allylic oxidation sites excluding steroid dienone is 3. The van der Waals surface area contributed by atoms with Crippen LogP contribution in [0.25, 0.3) is 0 Å². The molecule has 7 nitrogen and oxygen atoms in total. The lowest BCUT2D eigenvalue weighted by Crippen LogP contribution is -2.42. The first-order chi connectivity index (χ1) is 40.9. The maximum Gasteiger partial charge on any atom is 0.0718 e. The molecular weight excluding hydrogens is 1050 g/mol. The highest BCUT2D eigenvalue weighted by Gasteiger charge is 2.32. The summed E-state index contributed by atoms with van der Waals surface area (Å²) in [4.78, 5) is 0. The summed E-state index contributed by atoms with van der Waals surface area (Å²) < 4.78 is 43.9. The van der Waals surface area contributed by atoms with E-state index in [-0.39, 0.29) is 0 Å². The van der Waals surface area contributed by atoms with E-state index in [0.717, 1.165) is 72.5 Å². The van der Waals surface area contributed by atoms with E-state index in [2.05, 4.69) is 134 Å². The maximum atomic E-state index is 6.62. The third-order valence-corrected chi connectivity index (χ3v) is 17.9. The van der Waals surface area contributed by atoms with Crippen LogP contribution in [0.15, 0.2) is 65.3 Å². The smallest absolute Gasteiger partial charge is 0.0718 e. The summed E-state index contributed by atoms with van der Waals surface area (Å²) >= 11 is 0. The topological polar surface area (TPSA) is 64.6 Å². The van der Waals surface area contributed by atoms with Crippen LogP contribution in [0, 0.1) is 58.7 Å². The molecule has 0 saturated heterocycles. The zero-order valence-electron chi connectivity index (χ0n) is 59.2. The van der Waals surface area contributed by atoms with Crippen LogP contribution in [-0.2, 0) is 39.8 Å². The zero-order chi connectivity index (χ0) is 62.6. The summed E-state index contributed by atoms with van der Waals surface area (Å²) in [5, 5.41) is 0. The first-order valence-corrected chi connectivity index (χ1v) is 35.9. The Bertz CT molecular complexity index is 1560. The number of ether oxygens (including phenoxy) is 7. The van der Waals surface area contributed by atoms with E-state index in [0.29, 0.717) is 92.5 Å². The molecule has 0 aliphatic carbocycles. The van der Waals surface area contributed by atoms with Crippen molar-refractivity contribution >= 4 is 0 Å². The third-order valence-electron chi connectivity index (χ3n) is 17.9. The molecule has 7 heteroatoms. The number of benzene rings is 1. The Labute approximate surface area is 529 Å². The highest BCUT2D eigenvalue weighted by atomic mass is 16.6. The van der Waals surface area contributed by atoms with Gasteiger partial charge in [0.25, 0.3) is 0 Å². The van der Waals surface area contributed by atoms with Crippen molar-refractivity contribution in [1.82, 2.24) is 0 Å². The molecule has 85 heavy (non-hydrogen) atoms. The molecule has 0 bridgehead atoms. The van der Waals surface area contributed by atoms with Crippen molar-refractivity contribution in [2.45, 2.75) is 284 Å². The van der Waals surface area contributed by atoms with E-state index in [1.807, 2.05) is 18.2 Å². The highest BCUT2D eigenvalue weighted by molar-refractivity contribution is 5.13. The lowest BCUT2D eigenvalue weighted by molar-refractivity contribution is -0.103. The molecule has 1 aromatic rings. The average molecular weight is 1190 g/mol. The fraction of sp³-hybridized carbons (Fsp3) is 0.846. The molecule has 0 aliphatic heterocycles. The summed E-state index contributed by atoms with van der Waals surface area (Å²) in [5.41, 5.74) is 4.92. The van der Waals surface area contributed by atoms with E-state index in [1.165, 1.54) is 176 Å². The van der Waals surface area contributed by atoms with Gasteiger partial charge in [0, 0.05) is 0 Å². The third kappa shape index (κ3) is 52.6. The van der Waals surface area contributed by atoms with Gasteiger partial charge in [-0.2, -0.15) is 0 Å². The molecule has 6 unspecified atom stereocenters. The van der Waals surface area contributed by atoms with Crippen LogP contribution in [0.2, 0.25) is 0 Å². The van der Waals surface area contributed by atoms with Crippen molar-refractivity contribution in [3.63, 3.8) is 0 Å². The minimum absolute atomic E-state index is 0.456. The van der Waals surface area contributed by atoms with Crippen LogP contribution in [-0.4, -0.2) is 85.9 Å². The summed E-state index contributed by atoms with van der Waals surface area (Å²) in [6.45, 7) is 43.0. The van der Waals surface area contributed by atoms with Gasteiger partial charge in [0.15, 0.2) is 0 Å². The predicted octanol–water partition coefficient (Wildman–Crippen LogP) is 22.4. The molecular formula is C78H144O7. The molecule has 6 atom stereocenters. The van der Waals surface area contributed by atoms with Crippen molar-refractivity contribution in [3.05, 3.63) is 70.8 Å². The SMILES string of the molecule is C/C(=C\COCC(COC/C=C(\C)CCCC(C)CCCC(C)CCCC(C)C)(COC/C=C(\C)CCCC(C)CCCC(C)CCCC(C)C)COCCOCCOCCOCc1ccccc1)CCCC(C)CCCC(C)CCCC(C)C. The average Bonchev–Trinajstić information content (AvgIpc) is 3.54. The van der Waals surface area contributed by atoms with Gasteiger partial charge in [0.2, 0.25) is 0 Å². The monoisotopic (exact) mass is 1190 g/mol. The Hall–Kier alpha value is -1.84. The van der Waals surface area contributed by atoms with Gasteiger partial charge in [-0.25, -0.2) is 0 Å². The zero-order valence-corrected chi connectivity index (χ0v) is 59.2. The molecule has 498 valence electrons. The Morgan fingerprint density at radius 3 is 0.882 bits per heavy atom. The van der Waals surface area contributed by atoms with Crippen LogP contribution >= 0.6 is 0 Å². The number of hydrogen-bond donors (Lipinski definition) is 0. The van der Waals surface area contributed by atoms with Crippen LogP contribution in [0.5, 0.6) is 0 Å². The largest absolute Gasteiger partial charge is 0.378 e. The molecule has 0 saturated carbocycles. The van der Waals surface area contributed by atoms with E-state index >= 15 is 0 Å². The molecule has 0 heterocycles. The molecule has 0 aromatic heterocycles. The lowest BCUT2D eigenvalue weighted by Gasteiger charge is -2.32. The highest BCUT2D eigenvalue weighted by Crippen LogP contribution is 2.27.